The van der Waals surface area contributed by atoms with Gasteiger partial charge in [0.2, 0.25) is 21.9 Å². The summed E-state index contributed by atoms with van der Waals surface area (Å²) in [5.74, 6) is -0.202. The number of hydrogen-bond acceptors (Lipinski definition) is 7. The second-order valence-electron chi connectivity index (χ2n) is 6.76. The number of Topliss-reactive ketones (excluding diaryl/α,β-unsaturated/α-hetero) is 1. The third-order valence-corrected chi connectivity index (χ3v) is 6.77. The lowest BCUT2D eigenvalue weighted by atomic mass is 10.2. The van der Waals surface area contributed by atoms with Crippen molar-refractivity contribution in [3.63, 3.8) is 0 Å². The van der Waals surface area contributed by atoms with Crippen LogP contribution in [0.15, 0.2) is 47.6 Å². The van der Waals surface area contributed by atoms with Crippen molar-refractivity contribution in [3.05, 3.63) is 48.3 Å². The van der Waals surface area contributed by atoms with Gasteiger partial charge >= 0.3 is 0 Å². The first-order valence-corrected chi connectivity index (χ1v) is 10.7. The van der Waals surface area contributed by atoms with Gasteiger partial charge in [-0.05, 0) is 32.0 Å². The van der Waals surface area contributed by atoms with Gasteiger partial charge in [-0.3, -0.25) is 19.8 Å². The summed E-state index contributed by atoms with van der Waals surface area (Å²) in [7, 11) is -3.70. The fraction of sp³-hybridized carbons (Fsp3) is 0.368. The molecule has 1 aromatic carbocycles. The number of piperazine rings is 1. The van der Waals surface area contributed by atoms with Crippen molar-refractivity contribution in [2.24, 2.45) is 0 Å². The van der Waals surface area contributed by atoms with E-state index in [1.807, 2.05) is 4.90 Å². The molecule has 0 bridgehead atoms. The summed E-state index contributed by atoms with van der Waals surface area (Å²) in [6.07, 6.45) is 3.08. The number of nitrogens with zero attached hydrogens (tertiary/aromatic N) is 4. The zero-order valence-corrected chi connectivity index (χ0v) is 17.1. The van der Waals surface area contributed by atoms with Gasteiger partial charge in [-0.25, -0.2) is 18.4 Å². The van der Waals surface area contributed by atoms with Crippen LogP contribution in [0.4, 0.5) is 5.95 Å². The summed E-state index contributed by atoms with van der Waals surface area (Å²) >= 11 is 0. The minimum Gasteiger partial charge on any atom is -0.295 e. The van der Waals surface area contributed by atoms with E-state index in [2.05, 4.69) is 15.3 Å². The van der Waals surface area contributed by atoms with Gasteiger partial charge < -0.3 is 0 Å². The minimum atomic E-state index is -3.70. The Morgan fingerprint density at radius 1 is 1.07 bits per heavy atom. The van der Waals surface area contributed by atoms with E-state index in [0.29, 0.717) is 18.7 Å². The van der Waals surface area contributed by atoms with Crippen molar-refractivity contribution in [1.82, 2.24) is 19.2 Å². The highest BCUT2D eigenvalue weighted by atomic mass is 32.2. The number of aromatic nitrogens is 2. The Kier molecular flexibility index (Phi) is 6.36. The number of rotatable bonds is 6. The Hall–Kier alpha value is -2.69. The maximum atomic E-state index is 12.9. The zero-order valence-electron chi connectivity index (χ0n) is 16.3. The Labute approximate surface area is 169 Å². The molecule has 1 aliphatic heterocycles. The fourth-order valence-corrected chi connectivity index (χ4v) is 4.57. The van der Waals surface area contributed by atoms with Crippen LogP contribution in [0.25, 0.3) is 0 Å². The molecule has 0 saturated carbocycles. The molecule has 1 aromatic heterocycles. The van der Waals surface area contributed by atoms with Crippen molar-refractivity contribution >= 4 is 27.7 Å². The molecule has 2 aromatic rings. The first-order valence-electron chi connectivity index (χ1n) is 9.22. The van der Waals surface area contributed by atoms with E-state index in [1.165, 1.54) is 35.8 Å². The van der Waals surface area contributed by atoms with E-state index in [-0.39, 0.29) is 35.6 Å². The lowest BCUT2D eigenvalue weighted by Crippen LogP contribution is -2.54. The number of amides is 1. The molecule has 9 nitrogen and oxygen atoms in total. The Morgan fingerprint density at radius 3 is 2.34 bits per heavy atom. The second kappa shape index (κ2) is 8.76. The molecule has 1 saturated heterocycles. The van der Waals surface area contributed by atoms with Crippen molar-refractivity contribution in [2.75, 3.05) is 31.5 Å². The second-order valence-corrected chi connectivity index (χ2v) is 8.70. The van der Waals surface area contributed by atoms with Crippen LogP contribution in [-0.4, -0.2) is 71.5 Å². The Bertz CT molecular complexity index is 989. The number of hydrogen-bond donors (Lipinski definition) is 1. The molecule has 0 radical (unpaired) electrons. The summed E-state index contributed by atoms with van der Waals surface area (Å²) in [6, 6.07) is 7.26. The normalized spacial score (nSPS) is 16.9. The van der Waals surface area contributed by atoms with E-state index in [1.54, 1.807) is 25.1 Å². The highest BCUT2D eigenvalue weighted by Gasteiger charge is 2.32. The molecule has 2 heterocycles. The molecule has 0 unspecified atom stereocenters. The lowest BCUT2D eigenvalue weighted by Gasteiger charge is -2.36. The average molecular weight is 417 g/mol. The number of anilines is 1. The number of benzene rings is 1. The van der Waals surface area contributed by atoms with E-state index < -0.39 is 16.1 Å². The van der Waals surface area contributed by atoms with Gasteiger partial charge in [0, 0.05) is 44.1 Å². The first-order chi connectivity index (χ1) is 13.8. The van der Waals surface area contributed by atoms with Crippen LogP contribution in [0.2, 0.25) is 0 Å². The van der Waals surface area contributed by atoms with Crippen LogP contribution >= 0.6 is 0 Å². The molecule has 0 spiro atoms. The predicted octanol–water partition coefficient (Wildman–Crippen LogP) is 1.01. The monoisotopic (exact) mass is 417 g/mol. The molecule has 29 heavy (non-hydrogen) atoms. The number of carbonyl (C=O) groups is 2. The molecular formula is C19H23N5O4S. The molecule has 1 fully saturated rings. The van der Waals surface area contributed by atoms with Crippen molar-refractivity contribution in [2.45, 2.75) is 24.8 Å². The smallest absolute Gasteiger partial charge is 0.243 e. The topological polar surface area (TPSA) is 113 Å². The largest absolute Gasteiger partial charge is 0.295 e. The molecule has 1 N–H and O–H groups in total. The van der Waals surface area contributed by atoms with Crippen LogP contribution in [0.5, 0.6) is 0 Å². The van der Waals surface area contributed by atoms with Crippen LogP contribution in [-0.2, 0) is 14.8 Å². The molecule has 1 atom stereocenters. The van der Waals surface area contributed by atoms with Crippen LogP contribution in [0, 0.1) is 0 Å². The molecule has 3 rings (SSSR count). The van der Waals surface area contributed by atoms with Crippen LogP contribution in [0.3, 0.4) is 0 Å². The number of sulfonamides is 1. The van der Waals surface area contributed by atoms with Crippen LogP contribution in [0.1, 0.15) is 24.2 Å². The van der Waals surface area contributed by atoms with E-state index >= 15 is 0 Å². The van der Waals surface area contributed by atoms with Crippen molar-refractivity contribution in [1.29, 1.82) is 0 Å². The van der Waals surface area contributed by atoms with E-state index in [9.17, 15) is 18.0 Å². The van der Waals surface area contributed by atoms with Gasteiger partial charge in [0.25, 0.3) is 0 Å². The Morgan fingerprint density at radius 2 is 1.72 bits per heavy atom. The third-order valence-electron chi connectivity index (χ3n) is 4.88. The van der Waals surface area contributed by atoms with Gasteiger partial charge in [-0.1, -0.05) is 12.1 Å². The van der Waals surface area contributed by atoms with Gasteiger partial charge in [0.1, 0.15) is 0 Å². The summed E-state index contributed by atoms with van der Waals surface area (Å²) in [5, 5.41) is 2.66. The molecule has 10 heteroatoms. The zero-order chi connectivity index (χ0) is 21.0. The summed E-state index contributed by atoms with van der Waals surface area (Å²) in [5.41, 5.74) is 0.359. The third kappa shape index (κ3) is 4.84. The SMILES string of the molecule is CC(=O)c1cccc(S(=O)(=O)N2CCN([C@@H](C)C(=O)Nc3ncccn3)CC2)c1. The summed E-state index contributed by atoms with van der Waals surface area (Å²) in [4.78, 5) is 33.9. The molecule has 0 aliphatic carbocycles. The standard InChI is InChI=1S/C19H23N5O4S/c1-14(18(26)22-19-20-7-4-8-21-19)23-9-11-24(12-10-23)29(27,28)17-6-3-5-16(13-17)15(2)25/h3-8,13-14H,9-12H2,1-2H3,(H,20,21,22,26)/t14-/m0/s1. The maximum Gasteiger partial charge on any atom is 0.243 e. The van der Waals surface area contributed by atoms with E-state index in [0.717, 1.165) is 0 Å². The van der Waals surface area contributed by atoms with E-state index in [4.69, 9.17) is 0 Å². The van der Waals surface area contributed by atoms with Crippen molar-refractivity contribution < 1.29 is 18.0 Å². The van der Waals surface area contributed by atoms with Gasteiger partial charge in [0.15, 0.2) is 5.78 Å². The summed E-state index contributed by atoms with van der Waals surface area (Å²) < 4.78 is 27.2. The molecule has 1 aliphatic rings. The number of ketones is 1. The predicted molar refractivity (Wildman–Crippen MR) is 107 cm³/mol. The van der Waals surface area contributed by atoms with Gasteiger partial charge in [-0.2, -0.15) is 4.31 Å². The highest BCUT2D eigenvalue weighted by molar-refractivity contribution is 7.89. The minimum absolute atomic E-state index is 0.102. The number of nitrogens with one attached hydrogen (secondary N) is 1. The number of carbonyl (C=O) groups excluding carboxylic acids is 2. The summed E-state index contributed by atoms with van der Waals surface area (Å²) in [6.45, 7) is 4.50. The fourth-order valence-electron chi connectivity index (χ4n) is 3.10. The van der Waals surface area contributed by atoms with Crippen molar-refractivity contribution in [3.8, 4) is 0 Å². The molecular weight excluding hydrogens is 394 g/mol. The molecule has 154 valence electrons. The van der Waals surface area contributed by atoms with Gasteiger partial charge in [0.05, 0.1) is 10.9 Å². The van der Waals surface area contributed by atoms with Crippen LogP contribution < -0.4 is 5.32 Å². The quantitative estimate of drug-likeness (QED) is 0.698. The highest BCUT2D eigenvalue weighted by Crippen LogP contribution is 2.20. The first kappa shape index (κ1) is 21.0. The molecule has 1 amide bonds. The Balaban J connectivity index is 1.63. The maximum absolute atomic E-state index is 12.9. The van der Waals surface area contributed by atoms with Gasteiger partial charge in [-0.15, -0.1) is 0 Å². The lowest BCUT2D eigenvalue weighted by molar-refractivity contribution is -0.121. The average Bonchev–Trinajstić information content (AvgIpc) is 2.74.